The zero-order valence-corrected chi connectivity index (χ0v) is 14.5. The highest BCUT2D eigenvalue weighted by Gasteiger charge is 2.41. The van der Waals surface area contributed by atoms with E-state index in [0.717, 1.165) is 18.2 Å². The third kappa shape index (κ3) is 3.43. The van der Waals surface area contributed by atoms with Gasteiger partial charge in [0, 0.05) is 23.4 Å². The van der Waals surface area contributed by atoms with E-state index in [4.69, 9.17) is 0 Å². The van der Waals surface area contributed by atoms with Gasteiger partial charge in [-0.15, -0.1) is 0 Å². The van der Waals surface area contributed by atoms with Gasteiger partial charge in [0.15, 0.2) is 0 Å². The number of benzene rings is 2. The van der Waals surface area contributed by atoms with E-state index in [0.29, 0.717) is 6.07 Å². The van der Waals surface area contributed by atoms with Gasteiger partial charge in [-0.25, -0.2) is 14.2 Å². The number of rotatable bonds is 2. The zero-order valence-electron chi connectivity index (χ0n) is 14.5. The molecule has 2 aliphatic rings. The molecule has 2 aromatic carbocycles. The third-order valence-electron chi connectivity index (χ3n) is 4.73. The van der Waals surface area contributed by atoms with Gasteiger partial charge in [0.2, 0.25) is 5.91 Å². The van der Waals surface area contributed by atoms with Crippen LogP contribution in [-0.4, -0.2) is 23.9 Å². The second-order valence-corrected chi connectivity index (χ2v) is 6.52. The Morgan fingerprint density at radius 1 is 1.03 bits per heavy atom. The van der Waals surface area contributed by atoms with Crippen molar-refractivity contribution >= 4 is 23.4 Å². The van der Waals surface area contributed by atoms with Crippen molar-refractivity contribution in [2.75, 3.05) is 0 Å². The standard InChI is InChI=1S/C20H12F5N3O/c21-12-4-5-13(15(22)9-12)14-6-7-26-18-16(14)19(29)28-27-17(18)10-2-1-3-11(8-10)20(23,24)25/h1-9,16,18H,(H,28,29). The number of nitrogens with zero attached hydrogens (tertiary/aromatic N) is 2. The summed E-state index contributed by atoms with van der Waals surface area (Å²) in [7, 11) is 0. The average molecular weight is 405 g/mol. The van der Waals surface area contributed by atoms with Gasteiger partial charge in [0.25, 0.3) is 0 Å². The van der Waals surface area contributed by atoms with Crippen LogP contribution in [0.15, 0.2) is 58.6 Å². The van der Waals surface area contributed by atoms with Crippen LogP contribution in [0.5, 0.6) is 0 Å². The number of halogens is 5. The average Bonchev–Trinajstić information content (AvgIpc) is 2.67. The first kappa shape index (κ1) is 19.0. The summed E-state index contributed by atoms with van der Waals surface area (Å²) in [6.45, 7) is 0. The van der Waals surface area contributed by atoms with Gasteiger partial charge in [-0.3, -0.25) is 9.79 Å². The van der Waals surface area contributed by atoms with Crippen molar-refractivity contribution in [3.05, 3.63) is 76.9 Å². The first-order valence-electron chi connectivity index (χ1n) is 8.49. The zero-order chi connectivity index (χ0) is 20.8. The molecule has 0 radical (unpaired) electrons. The highest BCUT2D eigenvalue weighted by Crippen LogP contribution is 2.36. The van der Waals surface area contributed by atoms with Crippen LogP contribution in [0.2, 0.25) is 0 Å². The van der Waals surface area contributed by atoms with E-state index >= 15 is 0 Å². The summed E-state index contributed by atoms with van der Waals surface area (Å²) < 4.78 is 66.8. The van der Waals surface area contributed by atoms with Crippen molar-refractivity contribution in [1.29, 1.82) is 0 Å². The van der Waals surface area contributed by atoms with Gasteiger partial charge < -0.3 is 0 Å². The minimum Gasteiger partial charge on any atom is -0.282 e. The van der Waals surface area contributed by atoms with Crippen LogP contribution in [-0.2, 0) is 11.0 Å². The monoisotopic (exact) mass is 405 g/mol. The van der Waals surface area contributed by atoms with E-state index in [-0.39, 0.29) is 22.4 Å². The van der Waals surface area contributed by atoms with Crippen LogP contribution in [0.25, 0.3) is 5.57 Å². The van der Waals surface area contributed by atoms with E-state index in [1.54, 1.807) is 0 Å². The Balaban J connectivity index is 1.76. The quantitative estimate of drug-likeness (QED) is 0.756. The molecule has 0 saturated carbocycles. The maximum absolute atomic E-state index is 14.3. The molecule has 9 heteroatoms. The summed E-state index contributed by atoms with van der Waals surface area (Å²) in [6, 6.07) is 6.50. The molecule has 2 unspecified atom stereocenters. The first-order valence-corrected chi connectivity index (χ1v) is 8.49. The Labute approximate surface area is 161 Å². The molecule has 4 rings (SSSR count). The summed E-state index contributed by atoms with van der Waals surface area (Å²) >= 11 is 0. The number of hydrazone groups is 1. The predicted molar refractivity (Wildman–Crippen MR) is 96.2 cm³/mol. The fourth-order valence-electron chi connectivity index (χ4n) is 3.41. The number of aliphatic imine (C=N–C) groups is 1. The highest BCUT2D eigenvalue weighted by molar-refractivity contribution is 6.14. The Bertz CT molecular complexity index is 1090. The van der Waals surface area contributed by atoms with Crippen molar-refractivity contribution in [1.82, 2.24) is 5.43 Å². The van der Waals surface area contributed by atoms with Gasteiger partial charge in [0.05, 0.1) is 17.2 Å². The van der Waals surface area contributed by atoms with Crippen molar-refractivity contribution < 1.29 is 26.7 Å². The number of carbonyl (C=O) groups is 1. The van der Waals surface area contributed by atoms with Crippen LogP contribution < -0.4 is 5.43 Å². The smallest absolute Gasteiger partial charge is 0.282 e. The number of carbonyl (C=O) groups excluding carboxylic acids is 1. The molecule has 2 atom stereocenters. The predicted octanol–water partition coefficient (Wildman–Crippen LogP) is 3.97. The molecule has 148 valence electrons. The van der Waals surface area contributed by atoms with E-state index in [2.05, 4.69) is 15.5 Å². The van der Waals surface area contributed by atoms with Gasteiger partial charge >= 0.3 is 6.18 Å². The fraction of sp³-hybridized carbons (Fsp3) is 0.150. The summed E-state index contributed by atoms with van der Waals surface area (Å²) in [5.41, 5.74) is 1.90. The van der Waals surface area contributed by atoms with Crippen molar-refractivity contribution in [3.8, 4) is 0 Å². The number of fused-ring (bicyclic) bond motifs is 1. The topological polar surface area (TPSA) is 53.8 Å². The lowest BCUT2D eigenvalue weighted by molar-refractivity contribution is -0.137. The SMILES string of the molecule is O=C1NN=C(c2cccc(C(F)(F)F)c2)C2N=CC=C(c3ccc(F)cc3F)C12. The first-order chi connectivity index (χ1) is 13.8. The lowest BCUT2D eigenvalue weighted by Crippen LogP contribution is -2.46. The molecule has 2 aliphatic heterocycles. The van der Waals surface area contributed by atoms with Crippen LogP contribution >= 0.6 is 0 Å². The molecule has 0 saturated heterocycles. The molecule has 2 aromatic rings. The molecule has 0 bridgehead atoms. The molecule has 29 heavy (non-hydrogen) atoms. The second-order valence-electron chi connectivity index (χ2n) is 6.52. The van der Waals surface area contributed by atoms with Gasteiger partial charge in [-0.2, -0.15) is 18.3 Å². The van der Waals surface area contributed by atoms with E-state index in [1.165, 1.54) is 30.5 Å². The van der Waals surface area contributed by atoms with E-state index < -0.39 is 41.2 Å². The van der Waals surface area contributed by atoms with Gasteiger partial charge in [-0.05, 0) is 35.9 Å². The Morgan fingerprint density at radius 3 is 2.55 bits per heavy atom. The Kier molecular flexibility index (Phi) is 4.52. The summed E-state index contributed by atoms with van der Waals surface area (Å²) in [4.78, 5) is 16.7. The second kappa shape index (κ2) is 6.91. The molecular weight excluding hydrogens is 393 g/mol. The normalized spacial score (nSPS) is 21.2. The molecule has 0 aromatic heterocycles. The van der Waals surface area contributed by atoms with E-state index in [1.807, 2.05) is 0 Å². The molecule has 2 heterocycles. The van der Waals surface area contributed by atoms with Crippen LogP contribution in [0.1, 0.15) is 16.7 Å². The molecule has 1 amide bonds. The summed E-state index contributed by atoms with van der Waals surface area (Å²) in [5.74, 6) is -3.24. The molecule has 0 spiro atoms. The van der Waals surface area contributed by atoms with Crippen LogP contribution in [0.3, 0.4) is 0 Å². The van der Waals surface area contributed by atoms with Gasteiger partial charge in [-0.1, -0.05) is 12.1 Å². The number of hydrogen-bond acceptors (Lipinski definition) is 3. The minimum absolute atomic E-state index is 0.00740. The van der Waals surface area contributed by atoms with Crippen molar-refractivity contribution in [3.63, 3.8) is 0 Å². The van der Waals surface area contributed by atoms with E-state index in [9.17, 15) is 26.7 Å². The summed E-state index contributed by atoms with van der Waals surface area (Å²) in [6.07, 6.45) is -1.79. The maximum Gasteiger partial charge on any atom is 0.416 e. The lowest BCUT2D eigenvalue weighted by atomic mass is 9.80. The Hall–Kier alpha value is -3.36. The molecule has 0 fully saturated rings. The number of dihydropyridines is 1. The van der Waals surface area contributed by atoms with Crippen molar-refractivity contribution in [2.24, 2.45) is 16.0 Å². The number of nitrogens with one attached hydrogen (secondary N) is 1. The number of alkyl halides is 3. The molecule has 0 aliphatic carbocycles. The highest BCUT2D eigenvalue weighted by atomic mass is 19.4. The summed E-state index contributed by atoms with van der Waals surface area (Å²) in [5, 5.41) is 3.91. The van der Waals surface area contributed by atoms with Crippen molar-refractivity contribution in [2.45, 2.75) is 12.2 Å². The molecular formula is C20H12F5N3O. The molecule has 4 nitrogen and oxygen atoms in total. The number of amides is 1. The fourth-order valence-corrected chi connectivity index (χ4v) is 3.41. The van der Waals surface area contributed by atoms with Gasteiger partial charge in [0.1, 0.15) is 17.7 Å². The van der Waals surface area contributed by atoms with Crippen LogP contribution in [0, 0.1) is 17.6 Å². The van der Waals surface area contributed by atoms with Crippen LogP contribution in [0.4, 0.5) is 22.0 Å². The molecule has 1 N–H and O–H groups in total. The minimum atomic E-state index is -4.55. The number of allylic oxidation sites excluding steroid dienone is 1. The third-order valence-corrected chi connectivity index (χ3v) is 4.73. The largest absolute Gasteiger partial charge is 0.416 e. The Morgan fingerprint density at radius 2 is 1.83 bits per heavy atom. The lowest BCUT2D eigenvalue weighted by Gasteiger charge is -2.32. The number of hydrogen-bond donors (Lipinski definition) is 1. The maximum atomic E-state index is 14.3.